The molecule has 3 N–H and O–H groups in total. The number of fused-ring (bicyclic) bond motifs is 2. The highest BCUT2D eigenvalue weighted by molar-refractivity contribution is 5.84. The number of nitrogens with one attached hydrogen (secondary N) is 2. The number of rotatable bonds is 7. The number of aromatic nitrogens is 1. The lowest BCUT2D eigenvalue weighted by Crippen LogP contribution is -2.50. The zero-order chi connectivity index (χ0) is 25.1. The molecule has 1 aromatic heterocycles. The monoisotopic (exact) mass is 492 g/mol. The van der Waals surface area contributed by atoms with E-state index >= 15 is 0 Å². The van der Waals surface area contributed by atoms with E-state index in [1.807, 2.05) is 12.3 Å². The van der Waals surface area contributed by atoms with Crippen molar-refractivity contribution in [1.29, 1.82) is 5.41 Å². The van der Waals surface area contributed by atoms with Gasteiger partial charge in [0.2, 0.25) is 5.75 Å². The van der Waals surface area contributed by atoms with Gasteiger partial charge >= 0.3 is 0 Å². The minimum atomic E-state index is -0.308. The van der Waals surface area contributed by atoms with Gasteiger partial charge in [-0.3, -0.25) is 10.3 Å². The van der Waals surface area contributed by atoms with Crippen LogP contribution in [-0.2, 0) is 17.8 Å². The van der Waals surface area contributed by atoms with Gasteiger partial charge in [-0.05, 0) is 41.3 Å². The minimum Gasteiger partial charge on any atom is -0.504 e. The first kappa shape index (κ1) is 24.5. The van der Waals surface area contributed by atoms with E-state index in [1.54, 1.807) is 6.07 Å². The van der Waals surface area contributed by atoms with Crippen LogP contribution in [0, 0.1) is 11.3 Å². The SMILES string of the molecule is CC(C)CN(Cc1cc(O)c2c(c1)OCCCO2)C(=N)C1CN(Cc2cccc3[nH]ccc23)CCO1. The highest BCUT2D eigenvalue weighted by Crippen LogP contribution is 2.39. The Morgan fingerprint density at radius 2 is 2.06 bits per heavy atom. The van der Waals surface area contributed by atoms with Crippen LogP contribution in [0.3, 0.4) is 0 Å². The molecule has 0 bridgehead atoms. The van der Waals surface area contributed by atoms with Gasteiger partial charge in [0.15, 0.2) is 11.5 Å². The van der Waals surface area contributed by atoms with Crippen LogP contribution in [-0.4, -0.2) is 71.3 Å². The molecule has 0 aliphatic carbocycles. The van der Waals surface area contributed by atoms with Crippen LogP contribution in [0.4, 0.5) is 0 Å². The molecule has 0 spiro atoms. The van der Waals surface area contributed by atoms with Gasteiger partial charge in [0.05, 0.1) is 19.8 Å². The van der Waals surface area contributed by atoms with Gasteiger partial charge in [0.1, 0.15) is 11.9 Å². The van der Waals surface area contributed by atoms with Crippen molar-refractivity contribution in [2.75, 3.05) is 39.5 Å². The molecule has 8 heteroatoms. The first-order valence-corrected chi connectivity index (χ1v) is 12.8. The number of aromatic hydroxyl groups is 1. The smallest absolute Gasteiger partial charge is 0.203 e. The number of ether oxygens (including phenoxy) is 3. The van der Waals surface area contributed by atoms with Gasteiger partial charge in [-0.15, -0.1) is 0 Å². The van der Waals surface area contributed by atoms with Crippen molar-refractivity contribution < 1.29 is 19.3 Å². The van der Waals surface area contributed by atoms with Crippen LogP contribution < -0.4 is 9.47 Å². The van der Waals surface area contributed by atoms with Crippen molar-refractivity contribution >= 4 is 16.7 Å². The molecule has 0 saturated carbocycles. The molecule has 8 nitrogen and oxygen atoms in total. The fourth-order valence-corrected chi connectivity index (χ4v) is 5.06. The molecule has 0 amide bonds. The maximum absolute atomic E-state index is 10.6. The number of amidine groups is 1. The van der Waals surface area contributed by atoms with E-state index < -0.39 is 0 Å². The largest absolute Gasteiger partial charge is 0.504 e. The zero-order valence-corrected chi connectivity index (χ0v) is 21.1. The zero-order valence-electron chi connectivity index (χ0n) is 21.1. The van der Waals surface area contributed by atoms with E-state index in [-0.39, 0.29) is 11.9 Å². The second-order valence-electron chi connectivity index (χ2n) is 10.1. The Bertz CT molecular complexity index is 1210. The third-order valence-corrected chi connectivity index (χ3v) is 6.72. The summed E-state index contributed by atoms with van der Waals surface area (Å²) in [5.41, 5.74) is 3.31. The summed E-state index contributed by atoms with van der Waals surface area (Å²) in [6.07, 6.45) is 2.45. The predicted octanol–water partition coefficient (Wildman–Crippen LogP) is 4.37. The number of hydrogen-bond acceptors (Lipinski definition) is 6. The number of hydrogen-bond donors (Lipinski definition) is 3. The van der Waals surface area contributed by atoms with E-state index in [1.165, 1.54) is 10.9 Å². The molecule has 2 aliphatic heterocycles. The highest BCUT2D eigenvalue weighted by Gasteiger charge is 2.29. The summed E-state index contributed by atoms with van der Waals surface area (Å²) < 4.78 is 17.6. The van der Waals surface area contributed by atoms with Gasteiger partial charge in [-0.1, -0.05) is 26.0 Å². The van der Waals surface area contributed by atoms with Gasteiger partial charge in [-0.2, -0.15) is 0 Å². The second kappa shape index (κ2) is 10.8. The van der Waals surface area contributed by atoms with Crippen molar-refractivity contribution in [3.63, 3.8) is 0 Å². The lowest BCUT2D eigenvalue weighted by atomic mass is 10.1. The van der Waals surface area contributed by atoms with Crippen LogP contribution in [0.25, 0.3) is 10.9 Å². The predicted molar refractivity (Wildman–Crippen MR) is 140 cm³/mol. The van der Waals surface area contributed by atoms with Crippen LogP contribution in [0.15, 0.2) is 42.6 Å². The van der Waals surface area contributed by atoms with Crippen molar-refractivity contribution in [3.05, 3.63) is 53.7 Å². The van der Waals surface area contributed by atoms with Crippen molar-refractivity contribution in [2.24, 2.45) is 5.92 Å². The Morgan fingerprint density at radius 1 is 1.19 bits per heavy atom. The normalized spacial score (nSPS) is 18.4. The number of H-pyrrole nitrogens is 1. The standard InChI is InChI=1S/C28H36N4O4/c1-19(2)15-32(16-20-13-24(33)27-25(14-20)34-10-4-11-36-27)28(29)26-18-31(9-12-35-26)17-21-5-3-6-23-22(21)7-8-30-23/h3,5-8,13-14,19,26,29-30,33H,4,9-12,15-18H2,1-2H3. The van der Waals surface area contributed by atoms with Gasteiger partial charge in [0, 0.05) is 56.2 Å². The molecule has 192 valence electrons. The Balaban J connectivity index is 1.30. The van der Waals surface area contributed by atoms with Gasteiger partial charge in [-0.25, -0.2) is 0 Å². The van der Waals surface area contributed by atoms with Crippen LogP contribution in [0.2, 0.25) is 0 Å². The van der Waals surface area contributed by atoms with Crippen molar-refractivity contribution in [3.8, 4) is 17.2 Å². The summed E-state index contributed by atoms with van der Waals surface area (Å²) in [6, 6.07) is 12.1. The number of aromatic amines is 1. The molecule has 1 atom stereocenters. The van der Waals surface area contributed by atoms with Crippen LogP contribution in [0.1, 0.15) is 31.4 Å². The quantitative estimate of drug-likeness (QED) is 0.335. The molecule has 5 rings (SSSR count). The van der Waals surface area contributed by atoms with E-state index in [9.17, 15) is 5.11 Å². The first-order chi connectivity index (χ1) is 17.5. The molecule has 1 unspecified atom stereocenters. The summed E-state index contributed by atoms with van der Waals surface area (Å²) in [5, 5.41) is 20.9. The Labute approximate surface area is 212 Å². The average Bonchev–Trinajstić information content (AvgIpc) is 3.22. The summed E-state index contributed by atoms with van der Waals surface area (Å²) in [6.45, 7) is 9.51. The van der Waals surface area contributed by atoms with Crippen LogP contribution in [0.5, 0.6) is 17.2 Å². The third kappa shape index (κ3) is 5.44. The lowest BCUT2D eigenvalue weighted by Gasteiger charge is -2.37. The lowest BCUT2D eigenvalue weighted by molar-refractivity contribution is -0.00320. The Morgan fingerprint density at radius 3 is 2.92 bits per heavy atom. The van der Waals surface area contributed by atoms with Crippen molar-refractivity contribution in [1.82, 2.24) is 14.8 Å². The summed E-state index contributed by atoms with van der Waals surface area (Å²) in [7, 11) is 0. The molecular formula is C28H36N4O4. The van der Waals surface area contributed by atoms with Crippen LogP contribution >= 0.6 is 0 Å². The van der Waals surface area contributed by atoms with Crippen molar-refractivity contribution in [2.45, 2.75) is 39.5 Å². The Hall–Kier alpha value is -3.23. The fourth-order valence-electron chi connectivity index (χ4n) is 5.06. The molecule has 36 heavy (non-hydrogen) atoms. The van der Waals surface area contributed by atoms with E-state index in [4.69, 9.17) is 19.6 Å². The van der Waals surface area contributed by atoms with Gasteiger partial charge < -0.3 is 29.2 Å². The van der Waals surface area contributed by atoms with E-state index in [0.717, 1.165) is 37.1 Å². The number of morpholine rings is 1. The number of benzene rings is 2. The molecular weight excluding hydrogens is 456 g/mol. The molecule has 2 aliphatic rings. The fraction of sp³-hybridized carbons (Fsp3) is 0.464. The number of phenolic OH excluding ortho intramolecular Hbond substituents is 1. The summed E-state index contributed by atoms with van der Waals surface area (Å²) in [4.78, 5) is 7.72. The maximum Gasteiger partial charge on any atom is 0.203 e. The molecule has 1 fully saturated rings. The van der Waals surface area contributed by atoms with Gasteiger partial charge in [0.25, 0.3) is 0 Å². The number of nitrogens with zero attached hydrogens (tertiary/aromatic N) is 2. The Kier molecular flexibility index (Phi) is 7.34. The maximum atomic E-state index is 10.6. The van der Waals surface area contributed by atoms with E-state index in [2.05, 4.69) is 52.9 Å². The summed E-state index contributed by atoms with van der Waals surface area (Å²) >= 11 is 0. The molecule has 0 radical (unpaired) electrons. The van der Waals surface area contributed by atoms with E-state index in [0.29, 0.717) is 56.2 Å². The summed E-state index contributed by atoms with van der Waals surface area (Å²) in [5.74, 6) is 1.90. The topological polar surface area (TPSA) is 94.0 Å². The third-order valence-electron chi connectivity index (χ3n) is 6.72. The average molecular weight is 493 g/mol. The first-order valence-electron chi connectivity index (χ1n) is 12.8. The minimum absolute atomic E-state index is 0.0828. The molecule has 2 aromatic carbocycles. The highest BCUT2D eigenvalue weighted by atomic mass is 16.5. The molecule has 3 aromatic rings. The number of phenols is 1. The molecule has 1 saturated heterocycles. The molecule has 3 heterocycles. The second-order valence-corrected chi connectivity index (χ2v) is 10.1.